The van der Waals surface area contributed by atoms with Crippen molar-refractivity contribution < 1.29 is 17.2 Å². The molecule has 0 amide bonds. The SMILES string of the molecule is O=S(=O)(NC1CC(c2ccc(F)cc2F)C1)C1CNC1. The molecular formula is C13H16F2N2O2S. The Morgan fingerprint density at radius 3 is 2.45 bits per heavy atom. The van der Waals surface area contributed by atoms with E-state index in [1.165, 1.54) is 12.1 Å². The van der Waals surface area contributed by atoms with Gasteiger partial charge < -0.3 is 5.32 Å². The summed E-state index contributed by atoms with van der Waals surface area (Å²) in [6.45, 7) is 0.968. The highest BCUT2D eigenvalue weighted by molar-refractivity contribution is 7.90. The summed E-state index contributed by atoms with van der Waals surface area (Å²) in [6.07, 6.45) is 1.11. The van der Waals surface area contributed by atoms with Crippen LogP contribution < -0.4 is 10.0 Å². The molecule has 0 unspecified atom stereocenters. The quantitative estimate of drug-likeness (QED) is 0.876. The van der Waals surface area contributed by atoms with Gasteiger partial charge in [-0.2, -0.15) is 0 Å². The lowest BCUT2D eigenvalue weighted by molar-refractivity contribution is 0.315. The van der Waals surface area contributed by atoms with Crippen LogP contribution in [-0.4, -0.2) is 32.8 Å². The van der Waals surface area contributed by atoms with E-state index in [9.17, 15) is 17.2 Å². The summed E-state index contributed by atoms with van der Waals surface area (Å²) in [5.41, 5.74) is 0.465. The van der Waals surface area contributed by atoms with Crippen LogP contribution in [0.3, 0.4) is 0 Å². The monoisotopic (exact) mass is 302 g/mol. The van der Waals surface area contributed by atoms with E-state index in [2.05, 4.69) is 10.0 Å². The Hall–Kier alpha value is -1.05. The van der Waals surface area contributed by atoms with Crippen LogP contribution in [0.25, 0.3) is 0 Å². The lowest BCUT2D eigenvalue weighted by atomic mass is 9.76. The van der Waals surface area contributed by atoms with Gasteiger partial charge in [0.1, 0.15) is 16.9 Å². The molecular weight excluding hydrogens is 286 g/mol. The molecule has 1 saturated carbocycles. The molecule has 2 fully saturated rings. The average molecular weight is 302 g/mol. The molecule has 7 heteroatoms. The van der Waals surface area contributed by atoms with Crippen molar-refractivity contribution in [3.8, 4) is 0 Å². The van der Waals surface area contributed by atoms with E-state index in [0.29, 0.717) is 31.5 Å². The van der Waals surface area contributed by atoms with Crippen LogP contribution in [0, 0.1) is 11.6 Å². The lowest BCUT2D eigenvalue weighted by Gasteiger charge is -2.38. The average Bonchev–Trinajstić information content (AvgIpc) is 2.20. The molecule has 0 radical (unpaired) electrons. The van der Waals surface area contributed by atoms with E-state index in [1.54, 1.807) is 0 Å². The maximum atomic E-state index is 13.6. The van der Waals surface area contributed by atoms with E-state index < -0.39 is 21.7 Å². The topological polar surface area (TPSA) is 58.2 Å². The van der Waals surface area contributed by atoms with Crippen molar-refractivity contribution in [2.24, 2.45) is 0 Å². The van der Waals surface area contributed by atoms with Gasteiger partial charge >= 0.3 is 0 Å². The first-order valence-electron chi connectivity index (χ1n) is 6.62. The highest BCUT2D eigenvalue weighted by atomic mass is 32.2. The van der Waals surface area contributed by atoms with Crippen LogP contribution in [0.1, 0.15) is 24.3 Å². The molecule has 0 bridgehead atoms. The van der Waals surface area contributed by atoms with Gasteiger partial charge in [-0.15, -0.1) is 0 Å². The van der Waals surface area contributed by atoms with Gasteiger partial charge in [-0.05, 0) is 30.4 Å². The van der Waals surface area contributed by atoms with Crippen LogP contribution in [0.5, 0.6) is 0 Å². The predicted octanol–water partition coefficient (Wildman–Crippen LogP) is 1.10. The second-order valence-electron chi connectivity index (χ2n) is 5.47. The number of hydrogen-bond donors (Lipinski definition) is 2. The second kappa shape index (κ2) is 5.05. The van der Waals surface area contributed by atoms with Gasteiger partial charge in [0, 0.05) is 25.2 Å². The zero-order valence-electron chi connectivity index (χ0n) is 10.8. The van der Waals surface area contributed by atoms with Crippen molar-refractivity contribution in [2.45, 2.75) is 30.1 Å². The minimum Gasteiger partial charge on any atom is -0.314 e. The van der Waals surface area contributed by atoms with Gasteiger partial charge in [0.15, 0.2) is 0 Å². The fraction of sp³-hybridized carbons (Fsp3) is 0.538. The first-order chi connectivity index (χ1) is 9.45. The van der Waals surface area contributed by atoms with E-state index in [-0.39, 0.29) is 17.2 Å². The first-order valence-corrected chi connectivity index (χ1v) is 8.17. The Labute approximate surface area is 116 Å². The van der Waals surface area contributed by atoms with Gasteiger partial charge in [-0.25, -0.2) is 21.9 Å². The third-order valence-electron chi connectivity index (χ3n) is 4.05. The molecule has 2 N–H and O–H groups in total. The summed E-state index contributed by atoms with van der Waals surface area (Å²) < 4.78 is 52.9. The van der Waals surface area contributed by atoms with Gasteiger partial charge in [0.05, 0.1) is 0 Å². The van der Waals surface area contributed by atoms with Crippen molar-refractivity contribution in [3.63, 3.8) is 0 Å². The maximum absolute atomic E-state index is 13.6. The Balaban J connectivity index is 1.58. The Morgan fingerprint density at radius 2 is 1.90 bits per heavy atom. The molecule has 110 valence electrons. The zero-order chi connectivity index (χ0) is 14.3. The summed E-state index contributed by atoms with van der Waals surface area (Å²) >= 11 is 0. The van der Waals surface area contributed by atoms with E-state index in [1.807, 2.05) is 0 Å². The fourth-order valence-corrected chi connectivity index (χ4v) is 4.13. The second-order valence-corrected chi connectivity index (χ2v) is 7.47. The number of nitrogens with one attached hydrogen (secondary N) is 2. The highest BCUT2D eigenvalue weighted by Gasteiger charge is 2.38. The third kappa shape index (κ3) is 2.57. The molecule has 1 aromatic carbocycles. The summed E-state index contributed by atoms with van der Waals surface area (Å²) in [4.78, 5) is 0. The van der Waals surface area contributed by atoms with Crippen LogP contribution in [0.2, 0.25) is 0 Å². The van der Waals surface area contributed by atoms with Crippen molar-refractivity contribution in [1.82, 2.24) is 10.0 Å². The molecule has 1 aliphatic heterocycles. The van der Waals surface area contributed by atoms with E-state index in [4.69, 9.17) is 0 Å². The van der Waals surface area contributed by atoms with Gasteiger partial charge in [0.2, 0.25) is 10.0 Å². The van der Waals surface area contributed by atoms with Crippen molar-refractivity contribution in [2.75, 3.05) is 13.1 Å². The number of rotatable bonds is 4. The number of sulfonamides is 1. The number of halogens is 2. The third-order valence-corrected chi connectivity index (χ3v) is 5.93. The van der Waals surface area contributed by atoms with E-state index in [0.717, 1.165) is 6.07 Å². The molecule has 4 nitrogen and oxygen atoms in total. The molecule has 20 heavy (non-hydrogen) atoms. The van der Waals surface area contributed by atoms with Crippen molar-refractivity contribution in [1.29, 1.82) is 0 Å². The Bertz CT molecular complexity index is 611. The molecule has 0 atom stereocenters. The summed E-state index contributed by atoms with van der Waals surface area (Å²) in [6, 6.07) is 3.40. The lowest BCUT2D eigenvalue weighted by Crippen LogP contribution is -2.57. The molecule has 1 aliphatic carbocycles. The maximum Gasteiger partial charge on any atom is 0.217 e. The van der Waals surface area contributed by atoms with Crippen molar-refractivity contribution in [3.05, 3.63) is 35.4 Å². The normalized spacial score (nSPS) is 26.9. The highest BCUT2D eigenvalue weighted by Crippen LogP contribution is 2.38. The van der Waals surface area contributed by atoms with Crippen LogP contribution >= 0.6 is 0 Å². The predicted molar refractivity (Wildman–Crippen MR) is 70.8 cm³/mol. The largest absolute Gasteiger partial charge is 0.314 e. The Morgan fingerprint density at radius 1 is 1.20 bits per heavy atom. The first kappa shape index (κ1) is 13.9. The fourth-order valence-electron chi connectivity index (χ4n) is 2.61. The van der Waals surface area contributed by atoms with Gasteiger partial charge in [-0.1, -0.05) is 6.07 Å². The Kier molecular flexibility index (Phi) is 3.51. The summed E-state index contributed by atoms with van der Waals surface area (Å²) in [5.74, 6) is -1.19. The zero-order valence-corrected chi connectivity index (χ0v) is 11.6. The smallest absolute Gasteiger partial charge is 0.217 e. The van der Waals surface area contributed by atoms with Crippen LogP contribution in [0.15, 0.2) is 18.2 Å². The molecule has 2 aliphatic rings. The number of benzene rings is 1. The molecule has 0 spiro atoms. The molecule has 1 aromatic rings. The van der Waals surface area contributed by atoms with Gasteiger partial charge in [0.25, 0.3) is 0 Å². The van der Waals surface area contributed by atoms with E-state index >= 15 is 0 Å². The molecule has 1 saturated heterocycles. The van der Waals surface area contributed by atoms with Crippen LogP contribution in [0.4, 0.5) is 8.78 Å². The minimum absolute atomic E-state index is 0.0391. The van der Waals surface area contributed by atoms with Crippen molar-refractivity contribution >= 4 is 10.0 Å². The minimum atomic E-state index is -3.27. The summed E-state index contributed by atoms with van der Waals surface area (Å²) in [5, 5.41) is 2.56. The molecule has 3 rings (SSSR count). The molecule has 0 aromatic heterocycles. The summed E-state index contributed by atoms with van der Waals surface area (Å²) in [7, 11) is -3.27. The number of hydrogen-bond acceptors (Lipinski definition) is 3. The standard InChI is InChI=1S/C13H16F2N2O2S/c14-9-1-2-12(13(15)5-9)8-3-10(4-8)17-20(18,19)11-6-16-7-11/h1-2,5,8,10-11,16-17H,3-4,6-7H2. The van der Waals surface area contributed by atoms with Gasteiger partial charge in [-0.3, -0.25) is 0 Å². The van der Waals surface area contributed by atoms with Crippen LogP contribution in [-0.2, 0) is 10.0 Å². The molecule has 1 heterocycles.